The van der Waals surface area contributed by atoms with E-state index >= 15 is 0 Å². The zero-order valence-electron chi connectivity index (χ0n) is 7.25. The number of aromatic hydroxyl groups is 1. The van der Waals surface area contributed by atoms with E-state index in [-0.39, 0.29) is 5.56 Å². The highest BCUT2D eigenvalue weighted by atomic mass is 127. The van der Waals surface area contributed by atoms with E-state index in [1.807, 2.05) is 0 Å². The number of alkyl halides is 2. The molecule has 1 rings (SSSR count). The number of rotatable bonds is 3. The van der Waals surface area contributed by atoms with E-state index in [0.29, 0.717) is 3.57 Å². The highest BCUT2D eigenvalue weighted by molar-refractivity contribution is 14.1. The van der Waals surface area contributed by atoms with Crippen molar-refractivity contribution in [3.63, 3.8) is 0 Å². The normalized spacial score (nSPS) is 10.7. The van der Waals surface area contributed by atoms with Crippen LogP contribution in [0.3, 0.4) is 0 Å². The summed E-state index contributed by atoms with van der Waals surface area (Å²) in [6, 6.07) is 0. The first-order valence-corrected chi connectivity index (χ1v) is 4.87. The Bertz CT molecular complexity index is 398. The Hall–Kier alpha value is -0.990. The van der Waals surface area contributed by atoms with Crippen LogP contribution >= 0.6 is 22.6 Å². The number of halogens is 3. The van der Waals surface area contributed by atoms with Gasteiger partial charge in [-0.05, 0) is 22.6 Å². The fourth-order valence-corrected chi connectivity index (χ4v) is 1.60. The van der Waals surface area contributed by atoms with Crippen LogP contribution in [0.1, 0.15) is 17.7 Å². The van der Waals surface area contributed by atoms with Crippen molar-refractivity contribution in [3.8, 4) is 5.75 Å². The maximum atomic E-state index is 12.3. The molecule has 0 amide bonds. The summed E-state index contributed by atoms with van der Waals surface area (Å²) in [7, 11) is 0. The summed E-state index contributed by atoms with van der Waals surface area (Å²) >= 11 is 1.73. The van der Waals surface area contributed by atoms with E-state index in [1.165, 1.54) is 0 Å². The van der Waals surface area contributed by atoms with E-state index < -0.39 is 30.3 Å². The second kappa shape index (κ2) is 4.69. The molecule has 15 heavy (non-hydrogen) atoms. The van der Waals surface area contributed by atoms with E-state index in [4.69, 9.17) is 5.11 Å². The van der Waals surface area contributed by atoms with Gasteiger partial charge in [-0.3, -0.25) is 9.78 Å². The van der Waals surface area contributed by atoms with Gasteiger partial charge in [0.2, 0.25) is 0 Å². The molecule has 1 aromatic rings. The van der Waals surface area contributed by atoms with Gasteiger partial charge in [-0.15, -0.1) is 0 Å². The van der Waals surface area contributed by atoms with Crippen molar-refractivity contribution in [2.75, 3.05) is 0 Å². The molecule has 0 bridgehead atoms. The molecule has 0 saturated carbocycles. The Labute approximate surface area is 97.1 Å². The molecule has 0 spiro atoms. The molecule has 82 valence electrons. The second-order valence-electron chi connectivity index (χ2n) is 2.69. The van der Waals surface area contributed by atoms with Crippen molar-refractivity contribution < 1.29 is 23.8 Å². The lowest BCUT2D eigenvalue weighted by Crippen LogP contribution is -2.05. The minimum Gasteiger partial charge on any atom is -0.505 e. The van der Waals surface area contributed by atoms with Crippen LogP contribution in [0.4, 0.5) is 8.78 Å². The SMILES string of the molecule is O=C(O)Cc1c(I)cnc(C(F)F)c1O. The predicted octanol–water partition coefficient (Wildman–Crippen LogP) is 1.96. The molecule has 7 heteroatoms. The van der Waals surface area contributed by atoms with Crippen LogP contribution in [0, 0.1) is 3.57 Å². The fourth-order valence-electron chi connectivity index (χ4n) is 1.01. The Balaban J connectivity index is 3.23. The zero-order valence-corrected chi connectivity index (χ0v) is 9.40. The molecule has 0 unspecified atom stereocenters. The summed E-state index contributed by atoms with van der Waals surface area (Å²) in [5.41, 5.74) is -0.819. The Morgan fingerprint density at radius 3 is 2.67 bits per heavy atom. The highest BCUT2D eigenvalue weighted by Crippen LogP contribution is 2.31. The monoisotopic (exact) mass is 329 g/mol. The smallest absolute Gasteiger partial charge is 0.308 e. The van der Waals surface area contributed by atoms with E-state index in [9.17, 15) is 18.7 Å². The molecule has 2 N–H and O–H groups in total. The minimum atomic E-state index is -2.92. The maximum absolute atomic E-state index is 12.3. The van der Waals surface area contributed by atoms with Gasteiger partial charge < -0.3 is 10.2 Å². The van der Waals surface area contributed by atoms with Crippen LogP contribution < -0.4 is 0 Å². The molecule has 0 atom stereocenters. The van der Waals surface area contributed by atoms with Crippen molar-refractivity contribution in [2.45, 2.75) is 12.8 Å². The van der Waals surface area contributed by atoms with Crippen molar-refractivity contribution >= 4 is 28.6 Å². The molecule has 0 aliphatic rings. The number of pyridine rings is 1. The van der Waals surface area contributed by atoms with E-state index in [1.54, 1.807) is 22.6 Å². The molecule has 1 aromatic heterocycles. The zero-order chi connectivity index (χ0) is 11.6. The summed E-state index contributed by atoms with van der Waals surface area (Å²) < 4.78 is 25.0. The van der Waals surface area contributed by atoms with Crippen LogP contribution in [-0.4, -0.2) is 21.2 Å². The summed E-state index contributed by atoms with van der Waals surface area (Å²) in [6.45, 7) is 0. The average Bonchev–Trinajstić information content (AvgIpc) is 2.11. The first kappa shape index (κ1) is 12.1. The topological polar surface area (TPSA) is 70.4 Å². The van der Waals surface area contributed by atoms with E-state index in [0.717, 1.165) is 6.20 Å². The third-order valence-electron chi connectivity index (χ3n) is 1.67. The molecule has 0 saturated heterocycles. The van der Waals surface area contributed by atoms with Crippen molar-refractivity contribution in [1.29, 1.82) is 0 Å². The Morgan fingerprint density at radius 2 is 2.20 bits per heavy atom. The van der Waals surface area contributed by atoms with Crippen molar-refractivity contribution in [2.24, 2.45) is 0 Å². The second-order valence-corrected chi connectivity index (χ2v) is 3.85. The van der Waals surface area contributed by atoms with Gasteiger partial charge in [-0.2, -0.15) is 0 Å². The van der Waals surface area contributed by atoms with Crippen LogP contribution in [-0.2, 0) is 11.2 Å². The van der Waals surface area contributed by atoms with Crippen LogP contribution in [0.15, 0.2) is 6.20 Å². The van der Waals surface area contributed by atoms with Gasteiger partial charge in [0.15, 0.2) is 0 Å². The quantitative estimate of drug-likeness (QED) is 0.832. The predicted molar refractivity (Wildman–Crippen MR) is 54.9 cm³/mol. The lowest BCUT2D eigenvalue weighted by atomic mass is 10.1. The Morgan fingerprint density at radius 1 is 1.60 bits per heavy atom. The summed E-state index contributed by atoms with van der Waals surface area (Å²) in [5.74, 6) is -1.94. The molecular weight excluding hydrogens is 323 g/mol. The fraction of sp³-hybridized carbons (Fsp3) is 0.250. The number of carboxylic acid groups (broad SMARTS) is 1. The molecule has 0 radical (unpaired) electrons. The third kappa shape index (κ3) is 2.74. The van der Waals surface area contributed by atoms with Crippen LogP contribution in [0.5, 0.6) is 5.75 Å². The Kier molecular flexibility index (Phi) is 3.77. The van der Waals surface area contributed by atoms with Gasteiger partial charge in [-0.1, -0.05) is 0 Å². The molecule has 4 nitrogen and oxygen atoms in total. The largest absolute Gasteiger partial charge is 0.505 e. The number of hydrogen-bond donors (Lipinski definition) is 2. The number of carbonyl (C=O) groups is 1. The number of carboxylic acids is 1. The van der Waals surface area contributed by atoms with Gasteiger partial charge in [0.05, 0.1) is 6.42 Å². The van der Waals surface area contributed by atoms with Gasteiger partial charge in [0.25, 0.3) is 6.43 Å². The molecule has 0 aliphatic heterocycles. The van der Waals surface area contributed by atoms with Crippen molar-refractivity contribution in [1.82, 2.24) is 4.98 Å². The number of hydrogen-bond acceptors (Lipinski definition) is 3. The summed E-state index contributed by atoms with van der Waals surface area (Å²) in [5, 5.41) is 17.9. The van der Waals surface area contributed by atoms with Gasteiger partial charge >= 0.3 is 5.97 Å². The minimum absolute atomic E-state index is 0.0339. The highest BCUT2D eigenvalue weighted by Gasteiger charge is 2.20. The lowest BCUT2D eigenvalue weighted by Gasteiger charge is -2.08. The molecule has 1 heterocycles. The van der Waals surface area contributed by atoms with E-state index in [2.05, 4.69) is 4.98 Å². The first-order chi connectivity index (χ1) is 6.93. The number of aromatic nitrogens is 1. The maximum Gasteiger partial charge on any atom is 0.308 e. The summed E-state index contributed by atoms with van der Waals surface area (Å²) in [6.07, 6.45) is -2.32. The number of aliphatic carboxylic acids is 1. The summed E-state index contributed by atoms with van der Waals surface area (Å²) in [4.78, 5) is 13.8. The standard InChI is InChI=1S/C8H6F2INO3/c9-8(10)6-7(15)3(1-5(13)14)4(11)2-12-6/h2,8,15H,1H2,(H,13,14). The first-order valence-electron chi connectivity index (χ1n) is 3.79. The van der Waals surface area contributed by atoms with Gasteiger partial charge in [0.1, 0.15) is 11.4 Å². The lowest BCUT2D eigenvalue weighted by molar-refractivity contribution is -0.136. The molecule has 0 fully saturated rings. The average molecular weight is 329 g/mol. The van der Waals surface area contributed by atoms with Crippen molar-refractivity contribution in [3.05, 3.63) is 21.0 Å². The molecular formula is C8H6F2INO3. The third-order valence-corrected chi connectivity index (χ3v) is 2.60. The van der Waals surface area contributed by atoms with Gasteiger partial charge in [-0.25, -0.2) is 8.78 Å². The van der Waals surface area contributed by atoms with Gasteiger partial charge in [0, 0.05) is 15.3 Å². The molecule has 0 aliphatic carbocycles. The number of nitrogens with zero attached hydrogens (tertiary/aromatic N) is 1. The van der Waals surface area contributed by atoms with Crippen LogP contribution in [0.2, 0.25) is 0 Å². The van der Waals surface area contributed by atoms with Crippen LogP contribution in [0.25, 0.3) is 0 Å². The molecule has 0 aromatic carbocycles.